The van der Waals surface area contributed by atoms with Crippen molar-refractivity contribution in [2.75, 3.05) is 18.0 Å². The summed E-state index contributed by atoms with van der Waals surface area (Å²) in [5, 5.41) is 2.97. The molecule has 0 saturated carbocycles. The predicted octanol–water partition coefficient (Wildman–Crippen LogP) is 4.92. The van der Waals surface area contributed by atoms with Crippen LogP contribution in [0.1, 0.15) is 45.2 Å². The molecule has 0 bridgehead atoms. The Hall–Kier alpha value is -3.85. The molecule has 0 saturated heterocycles. The molecule has 9 heteroatoms. The summed E-state index contributed by atoms with van der Waals surface area (Å²) in [5.74, 6) is -0.192. The molecule has 0 aliphatic rings. The summed E-state index contributed by atoms with van der Waals surface area (Å²) in [6.45, 7) is 8.96. The first kappa shape index (κ1) is 30.7. The lowest BCUT2D eigenvalue weighted by molar-refractivity contribution is -0.141. The van der Waals surface area contributed by atoms with E-state index in [-0.39, 0.29) is 17.3 Å². The minimum Gasteiger partial charge on any atom is -0.497 e. The Morgan fingerprint density at radius 3 is 2.17 bits per heavy atom. The van der Waals surface area contributed by atoms with Crippen molar-refractivity contribution in [1.82, 2.24) is 10.2 Å². The molecule has 1 atom stereocenters. The van der Waals surface area contributed by atoms with E-state index in [2.05, 4.69) is 5.32 Å². The highest BCUT2D eigenvalue weighted by molar-refractivity contribution is 7.92. The maximum absolute atomic E-state index is 14.1. The van der Waals surface area contributed by atoms with Gasteiger partial charge in [-0.05, 0) is 76.1 Å². The molecule has 0 aromatic heterocycles. The second-order valence-corrected chi connectivity index (χ2v) is 12.6. The second kappa shape index (κ2) is 13.0. The molecule has 2 amide bonds. The minimum absolute atomic E-state index is 0.0697. The van der Waals surface area contributed by atoms with Crippen LogP contribution in [0.15, 0.2) is 83.8 Å². The fourth-order valence-corrected chi connectivity index (χ4v) is 5.73. The zero-order valence-electron chi connectivity index (χ0n) is 24.0. The second-order valence-electron chi connectivity index (χ2n) is 10.7. The number of methoxy groups -OCH3 is 1. The molecule has 0 heterocycles. The van der Waals surface area contributed by atoms with Crippen LogP contribution in [0.3, 0.4) is 0 Å². The smallest absolute Gasteiger partial charge is 0.264 e. The first-order valence-electron chi connectivity index (χ1n) is 13.2. The van der Waals surface area contributed by atoms with Gasteiger partial charge in [0.15, 0.2) is 0 Å². The fraction of sp³-hybridized carbons (Fsp3) is 0.355. The van der Waals surface area contributed by atoms with Gasteiger partial charge < -0.3 is 15.0 Å². The van der Waals surface area contributed by atoms with E-state index < -0.39 is 34.1 Å². The number of nitrogens with one attached hydrogen (secondary N) is 1. The number of carbonyl (C=O) groups is 2. The highest BCUT2D eigenvalue weighted by Crippen LogP contribution is 2.25. The van der Waals surface area contributed by atoms with Gasteiger partial charge in [0.25, 0.3) is 10.0 Å². The molecular weight excluding hydrogens is 526 g/mol. The molecule has 0 unspecified atom stereocenters. The lowest BCUT2D eigenvalue weighted by Crippen LogP contribution is -2.55. The number of hydrogen-bond acceptors (Lipinski definition) is 5. The lowest BCUT2D eigenvalue weighted by atomic mass is 10.1. The molecule has 40 heavy (non-hydrogen) atoms. The molecular formula is C31H39N3O5S. The van der Waals surface area contributed by atoms with Gasteiger partial charge in [-0.1, -0.05) is 55.0 Å². The van der Waals surface area contributed by atoms with E-state index in [4.69, 9.17) is 4.74 Å². The van der Waals surface area contributed by atoms with E-state index in [1.807, 2.05) is 46.8 Å². The number of benzene rings is 3. The number of ether oxygens (including phenoxy) is 1. The van der Waals surface area contributed by atoms with Crippen LogP contribution in [-0.4, -0.2) is 50.4 Å². The first-order valence-corrected chi connectivity index (χ1v) is 14.7. The third kappa shape index (κ3) is 7.85. The van der Waals surface area contributed by atoms with Crippen LogP contribution in [0.25, 0.3) is 0 Å². The van der Waals surface area contributed by atoms with E-state index in [0.29, 0.717) is 17.9 Å². The third-order valence-corrected chi connectivity index (χ3v) is 8.09. The highest BCUT2D eigenvalue weighted by Gasteiger charge is 2.34. The van der Waals surface area contributed by atoms with E-state index in [9.17, 15) is 18.0 Å². The summed E-state index contributed by atoms with van der Waals surface area (Å²) >= 11 is 0. The summed E-state index contributed by atoms with van der Waals surface area (Å²) in [6, 6.07) is 21.4. The lowest BCUT2D eigenvalue weighted by Gasteiger charge is -2.34. The Morgan fingerprint density at radius 2 is 1.60 bits per heavy atom. The number of rotatable bonds is 11. The number of anilines is 1. The summed E-state index contributed by atoms with van der Waals surface area (Å²) < 4.78 is 34.1. The third-order valence-electron chi connectivity index (χ3n) is 6.30. The van der Waals surface area contributed by atoms with Crippen molar-refractivity contribution in [3.63, 3.8) is 0 Å². The Balaban J connectivity index is 2.06. The topological polar surface area (TPSA) is 96.0 Å². The maximum Gasteiger partial charge on any atom is 0.264 e. The van der Waals surface area contributed by atoms with E-state index in [0.717, 1.165) is 15.4 Å². The molecule has 3 aromatic carbocycles. The van der Waals surface area contributed by atoms with Crippen molar-refractivity contribution in [1.29, 1.82) is 0 Å². The SMILES string of the molecule is CC[C@@H](C(=O)NC(C)(C)C)N(Cc1cccc(OC)c1)C(=O)CN(c1ccc(C)cc1)S(=O)(=O)c1ccccc1. The predicted molar refractivity (Wildman–Crippen MR) is 158 cm³/mol. The average molecular weight is 566 g/mol. The Labute approximate surface area is 238 Å². The summed E-state index contributed by atoms with van der Waals surface area (Å²) in [6.07, 6.45) is 0.341. The van der Waals surface area contributed by atoms with Crippen molar-refractivity contribution < 1.29 is 22.7 Å². The van der Waals surface area contributed by atoms with Crippen molar-refractivity contribution in [3.8, 4) is 5.75 Å². The number of amides is 2. The molecule has 3 aromatic rings. The fourth-order valence-electron chi connectivity index (χ4n) is 4.30. The quantitative estimate of drug-likeness (QED) is 0.356. The van der Waals surface area contributed by atoms with Crippen molar-refractivity contribution >= 4 is 27.5 Å². The zero-order valence-corrected chi connectivity index (χ0v) is 24.9. The van der Waals surface area contributed by atoms with Crippen LogP contribution in [0.4, 0.5) is 5.69 Å². The Morgan fingerprint density at radius 1 is 0.950 bits per heavy atom. The average Bonchev–Trinajstić information content (AvgIpc) is 2.91. The standard InChI is InChI=1S/C31H39N3O5S/c1-7-28(30(36)32-31(3,4)5)33(21-24-12-11-13-26(20-24)39-6)29(35)22-34(25-18-16-23(2)17-19-25)40(37,38)27-14-9-8-10-15-27/h8-20,28H,7,21-22H2,1-6H3,(H,32,36)/t28-/m0/s1. The maximum atomic E-state index is 14.1. The molecule has 0 radical (unpaired) electrons. The van der Waals surface area contributed by atoms with Crippen LogP contribution in [0.2, 0.25) is 0 Å². The molecule has 0 aliphatic heterocycles. The largest absolute Gasteiger partial charge is 0.497 e. The van der Waals surface area contributed by atoms with Gasteiger partial charge in [-0.25, -0.2) is 8.42 Å². The zero-order chi connectivity index (χ0) is 29.5. The number of sulfonamides is 1. The summed E-state index contributed by atoms with van der Waals surface area (Å²) in [7, 11) is -2.54. The summed E-state index contributed by atoms with van der Waals surface area (Å²) in [4.78, 5) is 29.0. The van der Waals surface area contributed by atoms with E-state index >= 15 is 0 Å². The van der Waals surface area contributed by atoms with Crippen LogP contribution in [-0.2, 0) is 26.2 Å². The Kier molecular flexibility index (Phi) is 9.98. The molecule has 0 fully saturated rings. The van der Waals surface area contributed by atoms with E-state index in [1.165, 1.54) is 17.0 Å². The first-order chi connectivity index (χ1) is 18.9. The molecule has 0 aliphatic carbocycles. The van der Waals surface area contributed by atoms with E-state index in [1.54, 1.807) is 61.7 Å². The van der Waals surface area contributed by atoms with Crippen LogP contribution >= 0.6 is 0 Å². The van der Waals surface area contributed by atoms with Gasteiger partial charge in [0.1, 0.15) is 18.3 Å². The number of aryl methyl sites for hydroxylation is 1. The minimum atomic E-state index is -4.10. The van der Waals surface area contributed by atoms with Gasteiger partial charge in [0.05, 0.1) is 17.7 Å². The van der Waals surface area contributed by atoms with Crippen molar-refractivity contribution in [3.05, 3.63) is 90.0 Å². The van der Waals surface area contributed by atoms with Crippen LogP contribution < -0.4 is 14.4 Å². The van der Waals surface area contributed by atoms with Gasteiger partial charge in [0.2, 0.25) is 11.8 Å². The van der Waals surface area contributed by atoms with Gasteiger partial charge in [-0.2, -0.15) is 0 Å². The number of nitrogens with zero attached hydrogens (tertiary/aromatic N) is 2. The molecule has 1 N–H and O–H groups in total. The van der Waals surface area contributed by atoms with Crippen molar-refractivity contribution in [2.24, 2.45) is 0 Å². The van der Waals surface area contributed by atoms with Crippen molar-refractivity contribution in [2.45, 2.75) is 64.1 Å². The number of carbonyl (C=O) groups excluding carboxylic acids is 2. The molecule has 0 spiro atoms. The number of hydrogen-bond donors (Lipinski definition) is 1. The molecule has 3 rings (SSSR count). The highest BCUT2D eigenvalue weighted by atomic mass is 32.2. The summed E-state index contributed by atoms with van der Waals surface area (Å²) in [5.41, 5.74) is 1.55. The normalized spacial score (nSPS) is 12.3. The molecule has 8 nitrogen and oxygen atoms in total. The van der Waals surface area contributed by atoms with Gasteiger partial charge in [-0.15, -0.1) is 0 Å². The van der Waals surface area contributed by atoms with Gasteiger partial charge in [0, 0.05) is 12.1 Å². The Bertz CT molecular complexity index is 1400. The van der Waals surface area contributed by atoms with Gasteiger partial charge >= 0.3 is 0 Å². The van der Waals surface area contributed by atoms with Crippen LogP contribution in [0.5, 0.6) is 5.75 Å². The van der Waals surface area contributed by atoms with Gasteiger partial charge in [-0.3, -0.25) is 13.9 Å². The molecule has 214 valence electrons. The van der Waals surface area contributed by atoms with Crippen LogP contribution in [0, 0.1) is 6.92 Å². The monoisotopic (exact) mass is 565 g/mol.